The van der Waals surface area contributed by atoms with Crippen LogP contribution in [0.5, 0.6) is 0 Å². The molecule has 0 spiro atoms. The van der Waals surface area contributed by atoms with Crippen LogP contribution in [0.25, 0.3) is 0 Å². The fourth-order valence-electron chi connectivity index (χ4n) is 1.37. The molecule has 1 aromatic rings. The van der Waals surface area contributed by atoms with Gasteiger partial charge >= 0.3 is 0 Å². The molecule has 0 radical (unpaired) electrons. The molecule has 72 valence electrons. The van der Waals surface area contributed by atoms with E-state index in [-0.39, 0.29) is 12.4 Å². The summed E-state index contributed by atoms with van der Waals surface area (Å²) in [5.41, 5.74) is 5.39. The van der Waals surface area contributed by atoms with Gasteiger partial charge in [0.05, 0.1) is 12.9 Å². The Morgan fingerprint density at radius 1 is 1.54 bits per heavy atom. The third kappa shape index (κ3) is 1.91. The van der Waals surface area contributed by atoms with Crippen molar-refractivity contribution in [3.8, 4) is 0 Å². The largest absolute Gasteiger partial charge is 0.466 e. The highest BCUT2D eigenvalue weighted by Gasteiger charge is 2.28. The fourth-order valence-corrected chi connectivity index (χ4v) is 1.37. The van der Waals surface area contributed by atoms with Crippen LogP contribution in [0, 0.1) is 0 Å². The maximum Gasteiger partial charge on any atom is 0.160 e. The summed E-state index contributed by atoms with van der Waals surface area (Å²) in [4.78, 5) is 0. The van der Waals surface area contributed by atoms with Gasteiger partial charge in [0.2, 0.25) is 0 Å². The average molecular weight is 183 g/mol. The van der Waals surface area contributed by atoms with E-state index in [0.717, 1.165) is 12.2 Å². The lowest BCUT2D eigenvalue weighted by Gasteiger charge is -2.07. The minimum Gasteiger partial charge on any atom is -0.466 e. The van der Waals surface area contributed by atoms with Gasteiger partial charge in [-0.05, 0) is 18.7 Å². The van der Waals surface area contributed by atoms with E-state index in [0.29, 0.717) is 13.2 Å². The zero-order valence-electron chi connectivity index (χ0n) is 7.31. The maximum absolute atomic E-state index is 5.55. The summed E-state index contributed by atoms with van der Waals surface area (Å²) in [5, 5.41) is 0. The first kappa shape index (κ1) is 8.74. The molecule has 4 heteroatoms. The van der Waals surface area contributed by atoms with E-state index < -0.39 is 0 Å². The topological polar surface area (TPSA) is 57.6 Å². The van der Waals surface area contributed by atoms with Crippen molar-refractivity contribution >= 4 is 0 Å². The number of nitrogens with two attached hydrogens (primary N) is 1. The molecular weight excluding hydrogens is 170 g/mol. The molecule has 1 saturated heterocycles. The van der Waals surface area contributed by atoms with Gasteiger partial charge in [0.1, 0.15) is 11.9 Å². The van der Waals surface area contributed by atoms with Crippen molar-refractivity contribution in [2.75, 3.05) is 13.2 Å². The molecule has 0 aliphatic carbocycles. The van der Waals surface area contributed by atoms with Crippen molar-refractivity contribution in [1.82, 2.24) is 0 Å². The van der Waals surface area contributed by atoms with E-state index in [1.165, 1.54) is 0 Å². The summed E-state index contributed by atoms with van der Waals surface area (Å²) in [6.07, 6.45) is 2.14. The van der Waals surface area contributed by atoms with Crippen molar-refractivity contribution in [2.45, 2.75) is 18.8 Å². The molecule has 0 amide bonds. The van der Waals surface area contributed by atoms with Gasteiger partial charge in [-0.25, -0.2) is 0 Å². The summed E-state index contributed by atoms with van der Waals surface area (Å²) < 4.78 is 16.1. The van der Waals surface area contributed by atoms with Crippen molar-refractivity contribution < 1.29 is 13.9 Å². The lowest BCUT2D eigenvalue weighted by atomic mass is 10.3. The van der Waals surface area contributed by atoms with Crippen molar-refractivity contribution in [3.63, 3.8) is 0 Å². The lowest BCUT2D eigenvalue weighted by molar-refractivity contribution is -0.0635. The molecule has 0 aromatic carbocycles. The Morgan fingerprint density at radius 2 is 2.46 bits per heavy atom. The van der Waals surface area contributed by atoms with E-state index in [1.807, 2.05) is 12.1 Å². The first-order valence-corrected chi connectivity index (χ1v) is 4.40. The Kier molecular flexibility index (Phi) is 2.63. The fraction of sp³-hybridized carbons (Fsp3) is 0.556. The van der Waals surface area contributed by atoms with Crippen LogP contribution < -0.4 is 5.73 Å². The number of rotatable bonds is 3. The summed E-state index contributed by atoms with van der Waals surface area (Å²) in [7, 11) is 0. The third-order valence-electron chi connectivity index (χ3n) is 2.01. The molecule has 1 aromatic heterocycles. The Balaban J connectivity index is 1.91. The first-order valence-electron chi connectivity index (χ1n) is 4.40. The normalized spacial score (nSPS) is 28.1. The number of hydrogen-bond donors (Lipinski definition) is 1. The van der Waals surface area contributed by atoms with Gasteiger partial charge in [-0.3, -0.25) is 0 Å². The van der Waals surface area contributed by atoms with Gasteiger partial charge in [0.25, 0.3) is 0 Å². The van der Waals surface area contributed by atoms with Crippen LogP contribution >= 0.6 is 0 Å². The molecule has 0 saturated carbocycles. The number of ether oxygens (including phenoxy) is 2. The quantitative estimate of drug-likeness (QED) is 0.760. The van der Waals surface area contributed by atoms with Crippen LogP contribution in [0.15, 0.2) is 22.8 Å². The Hall–Kier alpha value is -0.840. The molecule has 2 heterocycles. The van der Waals surface area contributed by atoms with E-state index in [9.17, 15) is 0 Å². The van der Waals surface area contributed by atoms with Gasteiger partial charge < -0.3 is 19.6 Å². The molecule has 1 fully saturated rings. The molecule has 0 bridgehead atoms. The Labute approximate surface area is 76.6 Å². The Morgan fingerprint density at radius 3 is 3.15 bits per heavy atom. The first-order chi connectivity index (χ1) is 6.40. The van der Waals surface area contributed by atoms with Crippen LogP contribution in [0.3, 0.4) is 0 Å². The summed E-state index contributed by atoms with van der Waals surface area (Å²) >= 11 is 0. The average Bonchev–Trinajstić information content (AvgIpc) is 2.70. The molecule has 1 aliphatic heterocycles. The zero-order valence-corrected chi connectivity index (χ0v) is 7.31. The maximum atomic E-state index is 5.55. The second-order valence-electron chi connectivity index (χ2n) is 2.98. The monoisotopic (exact) mass is 183 g/mol. The minimum atomic E-state index is -0.167. The van der Waals surface area contributed by atoms with Gasteiger partial charge in [0.15, 0.2) is 6.29 Å². The van der Waals surface area contributed by atoms with Gasteiger partial charge in [-0.2, -0.15) is 0 Å². The summed E-state index contributed by atoms with van der Waals surface area (Å²) in [5.74, 6) is 0.819. The Bertz CT molecular complexity index is 247. The number of hydrogen-bond acceptors (Lipinski definition) is 4. The standard InChI is InChI=1S/C9H13NO3/c10-4-3-9-12-6-8(13-9)7-2-1-5-11-7/h1-2,5,8-9H,3-4,6,10H2. The molecule has 13 heavy (non-hydrogen) atoms. The smallest absolute Gasteiger partial charge is 0.160 e. The minimum absolute atomic E-state index is 0.0634. The highest BCUT2D eigenvalue weighted by atomic mass is 16.7. The van der Waals surface area contributed by atoms with Crippen molar-refractivity contribution in [1.29, 1.82) is 0 Å². The molecule has 1 aliphatic rings. The predicted octanol–water partition coefficient (Wildman–Crippen LogP) is 1.04. The second kappa shape index (κ2) is 3.91. The summed E-state index contributed by atoms with van der Waals surface area (Å²) in [6.45, 7) is 1.13. The van der Waals surface area contributed by atoms with E-state index in [4.69, 9.17) is 19.6 Å². The van der Waals surface area contributed by atoms with Crippen molar-refractivity contribution in [3.05, 3.63) is 24.2 Å². The molecule has 2 atom stereocenters. The molecular formula is C9H13NO3. The van der Waals surface area contributed by atoms with Crippen LogP contribution in [0.4, 0.5) is 0 Å². The van der Waals surface area contributed by atoms with Crippen molar-refractivity contribution in [2.24, 2.45) is 5.73 Å². The van der Waals surface area contributed by atoms with Gasteiger partial charge in [0, 0.05) is 6.42 Å². The van der Waals surface area contributed by atoms with Crippen LogP contribution in [0.2, 0.25) is 0 Å². The highest BCUT2D eigenvalue weighted by molar-refractivity contribution is 5.03. The molecule has 2 rings (SSSR count). The summed E-state index contributed by atoms with van der Waals surface area (Å²) in [6, 6.07) is 3.73. The number of furan rings is 1. The lowest BCUT2D eigenvalue weighted by Crippen LogP contribution is -2.14. The van der Waals surface area contributed by atoms with E-state index >= 15 is 0 Å². The highest BCUT2D eigenvalue weighted by Crippen LogP contribution is 2.27. The third-order valence-corrected chi connectivity index (χ3v) is 2.01. The molecule has 2 N–H and O–H groups in total. The van der Waals surface area contributed by atoms with Crippen LogP contribution in [-0.4, -0.2) is 19.4 Å². The zero-order chi connectivity index (χ0) is 9.10. The van der Waals surface area contributed by atoms with E-state index in [1.54, 1.807) is 6.26 Å². The predicted molar refractivity (Wildman–Crippen MR) is 45.9 cm³/mol. The van der Waals surface area contributed by atoms with Gasteiger partial charge in [-0.1, -0.05) is 0 Å². The molecule has 4 nitrogen and oxygen atoms in total. The SMILES string of the molecule is NCCC1OCC(c2ccco2)O1. The van der Waals surface area contributed by atoms with E-state index in [2.05, 4.69) is 0 Å². The second-order valence-corrected chi connectivity index (χ2v) is 2.98. The van der Waals surface area contributed by atoms with Gasteiger partial charge in [-0.15, -0.1) is 0 Å². The van der Waals surface area contributed by atoms with Crippen LogP contribution in [-0.2, 0) is 9.47 Å². The van der Waals surface area contributed by atoms with Crippen LogP contribution in [0.1, 0.15) is 18.3 Å². The molecule has 2 unspecified atom stereocenters.